The Balaban J connectivity index is 2.19. The quantitative estimate of drug-likeness (QED) is 0.817. The summed E-state index contributed by atoms with van der Waals surface area (Å²) in [5.41, 5.74) is 1.39. The minimum atomic E-state index is -3.67. The minimum absolute atomic E-state index is 0.143. The average Bonchev–Trinajstić information content (AvgIpc) is 2.53. The second-order valence-electron chi connectivity index (χ2n) is 5.34. The molecule has 0 aliphatic heterocycles. The van der Waals surface area contributed by atoms with Crippen molar-refractivity contribution in [2.75, 3.05) is 5.32 Å². The molecule has 7 heteroatoms. The number of anilines is 1. The van der Waals surface area contributed by atoms with E-state index in [-0.39, 0.29) is 16.8 Å². The highest BCUT2D eigenvalue weighted by Gasteiger charge is 2.20. The fourth-order valence-corrected chi connectivity index (χ4v) is 3.69. The molecule has 2 aromatic rings. The maximum atomic E-state index is 12.6. The van der Waals surface area contributed by atoms with Crippen LogP contribution in [0.3, 0.4) is 0 Å². The molecule has 128 valence electrons. The molecule has 0 unspecified atom stereocenters. The summed E-state index contributed by atoms with van der Waals surface area (Å²) in [6, 6.07) is 12.8. The molecular weight excluding hydrogens is 348 g/mol. The third kappa shape index (κ3) is 4.80. The van der Waals surface area contributed by atoms with E-state index < -0.39 is 10.0 Å². The van der Waals surface area contributed by atoms with Crippen LogP contribution in [0.15, 0.2) is 53.4 Å². The number of benzene rings is 2. The molecule has 0 heterocycles. The van der Waals surface area contributed by atoms with Crippen LogP contribution in [0.4, 0.5) is 5.69 Å². The molecule has 0 aliphatic rings. The predicted molar refractivity (Wildman–Crippen MR) is 95.6 cm³/mol. The SMILES string of the molecule is CC[C@H](NS(=O)(=O)c1ccc(NC(C)=O)cc1)c1ccc(Cl)cc1. The van der Waals surface area contributed by atoms with E-state index >= 15 is 0 Å². The van der Waals surface area contributed by atoms with Crippen molar-refractivity contribution < 1.29 is 13.2 Å². The first-order valence-electron chi connectivity index (χ1n) is 7.47. The fraction of sp³-hybridized carbons (Fsp3) is 0.235. The molecule has 0 saturated carbocycles. The van der Waals surface area contributed by atoms with Gasteiger partial charge in [0.05, 0.1) is 4.90 Å². The van der Waals surface area contributed by atoms with Crippen molar-refractivity contribution in [3.63, 3.8) is 0 Å². The summed E-state index contributed by atoms with van der Waals surface area (Å²) in [7, 11) is -3.67. The zero-order chi connectivity index (χ0) is 17.7. The lowest BCUT2D eigenvalue weighted by atomic mass is 10.1. The number of hydrogen-bond acceptors (Lipinski definition) is 3. The molecule has 0 saturated heterocycles. The zero-order valence-corrected chi connectivity index (χ0v) is 15.0. The van der Waals surface area contributed by atoms with E-state index in [1.54, 1.807) is 36.4 Å². The van der Waals surface area contributed by atoms with Gasteiger partial charge < -0.3 is 5.32 Å². The Labute approximate surface area is 147 Å². The van der Waals surface area contributed by atoms with Crippen LogP contribution in [0.1, 0.15) is 31.9 Å². The van der Waals surface area contributed by atoms with Crippen LogP contribution in [0, 0.1) is 0 Å². The first kappa shape index (κ1) is 18.4. The second-order valence-corrected chi connectivity index (χ2v) is 7.49. The van der Waals surface area contributed by atoms with E-state index in [4.69, 9.17) is 11.6 Å². The molecular formula is C17H19ClN2O3S. The number of carbonyl (C=O) groups is 1. The first-order valence-corrected chi connectivity index (χ1v) is 9.33. The van der Waals surface area contributed by atoms with Crippen LogP contribution in [-0.2, 0) is 14.8 Å². The van der Waals surface area contributed by atoms with E-state index in [1.807, 2.05) is 6.92 Å². The van der Waals surface area contributed by atoms with Gasteiger partial charge in [-0.25, -0.2) is 13.1 Å². The number of amides is 1. The standard InChI is InChI=1S/C17H19ClN2O3S/c1-3-17(13-4-6-14(18)7-5-13)20-24(22,23)16-10-8-15(9-11-16)19-12(2)21/h4-11,17,20H,3H2,1-2H3,(H,19,21)/t17-/m0/s1. The van der Waals surface area contributed by atoms with Crippen molar-refractivity contribution in [3.05, 3.63) is 59.1 Å². The van der Waals surface area contributed by atoms with Crippen LogP contribution < -0.4 is 10.0 Å². The normalized spacial score (nSPS) is 12.6. The van der Waals surface area contributed by atoms with Gasteiger partial charge >= 0.3 is 0 Å². The molecule has 24 heavy (non-hydrogen) atoms. The monoisotopic (exact) mass is 366 g/mol. The highest BCUT2D eigenvalue weighted by atomic mass is 35.5. The highest BCUT2D eigenvalue weighted by Crippen LogP contribution is 2.22. The molecule has 1 atom stereocenters. The Bertz CT molecular complexity index is 803. The molecule has 0 radical (unpaired) electrons. The van der Waals surface area contributed by atoms with Crippen LogP contribution in [0.2, 0.25) is 5.02 Å². The lowest BCUT2D eigenvalue weighted by Crippen LogP contribution is -2.28. The molecule has 2 rings (SSSR count). The summed E-state index contributed by atoms with van der Waals surface area (Å²) in [5, 5.41) is 3.20. The van der Waals surface area contributed by atoms with Crippen molar-refractivity contribution in [3.8, 4) is 0 Å². The molecule has 0 aliphatic carbocycles. The van der Waals surface area contributed by atoms with E-state index in [1.165, 1.54) is 19.1 Å². The van der Waals surface area contributed by atoms with E-state index in [9.17, 15) is 13.2 Å². The number of hydrogen-bond donors (Lipinski definition) is 2. The number of halogens is 1. The zero-order valence-electron chi connectivity index (χ0n) is 13.4. The summed E-state index contributed by atoms with van der Waals surface area (Å²) in [4.78, 5) is 11.2. The minimum Gasteiger partial charge on any atom is -0.326 e. The summed E-state index contributed by atoms with van der Waals surface area (Å²) in [6.07, 6.45) is 0.602. The van der Waals surface area contributed by atoms with Gasteiger partial charge in [0, 0.05) is 23.7 Å². The Morgan fingerprint density at radius 3 is 2.17 bits per heavy atom. The summed E-state index contributed by atoms with van der Waals surface area (Å²) < 4.78 is 27.8. The van der Waals surface area contributed by atoms with Gasteiger partial charge in [-0.3, -0.25) is 4.79 Å². The first-order chi connectivity index (χ1) is 11.3. The maximum absolute atomic E-state index is 12.6. The molecule has 0 spiro atoms. The van der Waals surface area contributed by atoms with Crippen molar-refractivity contribution in [2.24, 2.45) is 0 Å². The van der Waals surface area contributed by atoms with Crippen LogP contribution >= 0.6 is 11.6 Å². The van der Waals surface area contributed by atoms with Gasteiger partial charge in [-0.2, -0.15) is 0 Å². The van der Waals surface area contributed by atoms with Gasteiger partial charge in [-0.05, 0) is 48.4 Å². The lowest BCUT2D eigenvalue weighted by molar-refractivity contribution is -0.114. The maximum Gasteiger partial charge on any atom is 0.241 e. The molecule has 2 aromatic carbocycles. The van der Waals surface area contributed by atoms with Crippen LogP contribution in [0.25, 0.3) is 0 Å². The smallest absolute Gasteiger partial charge is 0.241 e. The number of sulfonamides is 1. The fourth-order valence-electron chi connectivity index (χ4n) is 2.26. The van der Waals surface area contributed by atoms with Gasteiger partial charge in [-0.1, -0.05) is 30.7 Å². The van der Waals surface area contributed by atoms with Crippen molar-refractivity contribution in [2.45, 2.75) is 31.2 Å². The third-order valence-corrected chi connectivity index (χ3v) is 5.20. The number of carbonyl (C=O) groups excluding carboxylic acids is 1. The molecule has 0 bridgehead atoms. The van der Waals surface area contributed by atoms with Gasteiger partial charge in [0.25, 0.3) is 0 Å². The van der Waals surface area contributed by atoms with Gasteiger partial charge in [0.2, 0.25) is 15.9 Å². The number of nitrogens with one attached hydrogen (secondary N) is 2. The Hall–Kier alpha value is -1.89. The summed E-state index contributed by atoms with van der Waals surface area (Å²) >= 11 is 5.87. The van der Waals surface area contributed by atoms with E-state index in [0.717, 1.165) is 5.56 Å². The largest absolute Gasteiger partial charge is 0.326 e. The Morgan fingerprint density at radius 1 is 1.08 bits per heavy atom. The predicted octanol–water partition coefficient (Wildman–Crippen LogP) is 3.73. The van der Waals surface area contributed by atoms with Crippen molar-refractivity contribution >= 4 is 33.2 Å². The summed E-state index contributed by atoms with van der Waals surface area (Å²) in [6.45, 7) is 3.30. The Kier molecular flexibility index (Phi) is 5.99. The Morgan fingerprint density at radius 2 is 1.67 bits per heavy atom. The highest BCUT2D eigenvalue weighted by molar-refractivity contribution is 7.89. The van der Waals surface area contributed by atoms with Gasteiger partial charge in [-0.15, -0.1) is 0 Å². The van der Waals surface area contributed by atoms with Gasteiger partial charge in [0.15, 0.2) is 0 Å². The molecule has 5 nitrogen and oxygen atoms in total. The van der Waals surface area contributed by atoms with E-state index in [0.29, 0.717) is 17.1 Å². The van der Waals surface area contributed by atoms with Gasteiger partial charge in [0.1, 0.15) is 0 Å². The second kappa shape index (κ2) is 7.79. The van der Waals surface area contributed by atoms with Crippen molar-refractivity contribution in [1.82, 2.24) is 4.72 Å². The molecule has 1 amide bonds. The van der Waals surface area contributed by atoms with Crippen molar-refractivity contribution in [1.29, 1.82) is 0 Å². The third-order valence-electron chi connectivity index (χ3n) is 3.46. The number of rotatable bonds is 6. The molecule has 2 N–H and O–H groups in total. The summed E-state index contributed by atoms with van der Waals surface area (Å²) in [5.74, 6) is -0.211. The lowest BCUT2D eigenvalue weighted by Gasteiger charge is -2.18. The molecule has 0 aromatic heterocycles. The van der Waals surface area contributed by atoms with E-state index in [2.05, 4.69) is 10.0 Å². The van der Waals surface area contributed by atoms with Crippen LogP contribution in [0.5, 0.6) is 0 Å². The van der Waals surface area contributed by atoms with Crippen LogP contribution in [-0.4, -0.2) is 14.3 Å². The molecule has 0 fully saturated rings. The topological polar surface area (TPSA) is 75.3 Å². The average molecular weight is 367 g/mol.